The SMILES string of the molecule is CC(C)(C)c1cccc(-c2ccc3n2CCC3)c1. The Bertz CT molecular complexity index is 570. The number of fused-ring (bicyclic) bond motifs is 1. The highest BCUT2D eigenvalue weighted by Gasteiger charge is 2.17. The lowest BCUT2D eigenvalue weighted by molar-refractivity contribution is 0.590. The van der Waals surface area contributed by atoms with Crippen molar-refractivity contribution in [1.29, 1.82) is 0 Å². The fraction of sp³-hybridized carbons (Fsp3) is 0.412. The third kappa shape index (κ3) is 1.88. The Morgan fingerprint density at radius 2 is 1.89 bits per heavy atom. The van der Waals surface area contributed by atoms with Crippen LogP contribution >= 0.6 is 0 Å². The van der Waals surface area contributed by atoms with Crippen molar-refractivity contribution in [2.24, 2.45) is 0 Å². The Kier molecular flexibility index (Phi) is 2.58. The van der Waals surface area contributed by atoms with Crippen molar-refractivity contribution in [1.82, 2.24) is 4.57 Å². The summed E-state index contributed by atoms with van der Waals surface area (Å²) in [6.45, 7) is 8.00. The number of benzene rings is 1. The number of hydrogen-bond donors (Lipinski definition) is 0. The zero-order valence-electron chi connectivity index (χ0n) is 11.5. The Morgan fingerprint density at radius 3 is 2.67 bits per heavy atom. The van der Waals surface area contributed by atoms with Gasteiger partial charge in [0, 0.05) is 17.9 Å². The average Bonchev–Trinajstić information content (AvgIpc) is 2.89. The first-order valence-electron chi connectivity index (χ1n) is 6.85. The van der Waals surface area contributed by atoms with E-state index in [0.717, 1.165) is 0 Å². The van der Waals surface area contributed by atoms with E-state index in [2.05, 4.69) is 61.7 Å². The molecule has 1 aliphatic heterocycles. The van der Waals surface area contributed by atoms with Crippen LogP contribution in [0.1, 0.15) is 38.4 Å². The molecule has 2 heterocycles. The monoisotopic (exact) mass is 239 g/mol. The van der Waals surface area contributed by atoms with E-state index in [0.29, 0.717) is 0 Å². The molecule has 0 saturated carbocycles. The van der Waals surface area contributed by atoms with Gasteiger partial charge in [-0.2, -0.15) is 0 Å². The fourth-order valence-corrected chi connectivity index (χ4v) is 2.81. The van der Waals surface area contributed by atoms with Crippen molar-refractivity contribution in [2.45, 2.75) is 45.6 Å². The highest BCUT2D eigenvalue weighted by molar-refractivity contribution is 5.62. The Balaban J connectivity index is 2.07. The second kappa shape index (κ2) is 4.01. The normalized spacial score (nSPS) is 14.8. The summed E-state index contributed by atoms with van der Waals surface area (Å²) < 4.78 is 2.47. The summed E-state index contributed by atoms with van der Waals surface area (Å²) in [5.41, 5.74) is 5.86. The van der Waals surface area contributed by atoms with E-state index in [9.17, 15) is 0 Å². The molecule has 1 nitrogen and oxygen atoms in total. The number of nitrogens with zero attached hydrogens (tertiary/aromatic N) is 1. The summed E-state index contributed by atoms with van der Waals surface area (Å²) in [6.07, 6.45) is 2.53. The standard InChI is InChI=1S/C17H21N/c1-17(2,3)14-7-4-6-13(12-14)16-10-9-15-8-5-11-18(15)16/h4,6-7,9-10,12H,5,8,11H2,1-3H3. The Labute approximate surface area is 109 Å². The summed E-state index contributed by atoms with van der Waals surface area (Å²) in [7, 11) is 0. The second-order valence-electron chi connectivity index (χ2n) is 6.30. The van der Waals surface area contributed by atoms with Gasteiger partial charge in [0.2, 0.25) is 0 Å². The van der Waals surface area contributed by atoms with Crippen molar-refractivity contribution >= 4 is 0 Å². The molecule has 0 amide bonds. The summed E-state index contributed by atoms with van der Waals surface area (Å²) >= 11 is 0. The van der Waals surface area contributed by atoms with Crippen molar-refractivity contribution in [3.8, 4) is 11.3 Å². The largest absolute Gasteiger partial charge is 0.345 e. The Hall–Kier alpha value is -1.50. The van der Waals surface area contributed by atoms with E-state index in [4.69, 9.17) is 0 Å². The van der Waals surface area contributed by atoms with E-state index in [1.54, 1.807) is 0 Å². The van der Waals surface area contributed by atoms with Crippen LogP contribution in [-0.2, 0) is 18.4 Å². The molecule has 1 heteroatoms. The first-order chi connectivity index (χ1) is 8.55. The third-order valence-corrected chi connectivity index (χ3v) is 3.91. The third-order valence-electron chi connectivity index (χ3n) is 3.91. The van der Waals surface area contributed by atoms with Crippen molar-refractivity contribution < 1.29 is 0 Å². The fourth-order valence-electron chi connectivity index (χ4n) is 2.81. The number of aryl methyl sites for hydroxylation is 1. The molecule has 1 aromatic carbocycles. The van der Waals surface area contributed by atoms with Gasteiger partial charge >= 0.3 is 0 Å². The van der Waals surface area contributed by atoms with Crippen LogP contribution in [0.4, 0.5) is 0 Å². The summed E-state index contributed by atoms with van der Waals surface area (Å²) in [5.74, 6) is 0. The van der Waals surface area contributed by atoms with Crippen LogP contribution in [0.15, 0.2) is 36.4 Å². The zero-order valence-corrected chi connectivity index (χ0v) is 11.5. The maximum absolute atomic E-state index is 2.47. The molecule has 0 spiro atoms. The van der Waals surface area contributed by atoms with Crippen LogP contribution in [0.2, 0.25) is 0 Å². The van der Waals surface area contributed by atoms with Crippen LogP contribution in [0.5, 0.6) is 0 Å². The van der Waals surface area contributed by atoms with Crippen LogP contribution in [0, 0.1) is 0 Å². The first-order valence-corrected chi connectivity index (χ1v) is 6.85. The minimum atomic E-state index is 0.219. The molecular formula is C17H21N. The molecule has 94 valence electrons. The highest BCUT2D eigenvalue weighted by Crippen LogP contribution is 2.30. The minimum Gasteiger partial charge on any atom is -0.345 e. The topological polar surface area (TPSA) is 4.93 Å². The van der Waals surface area contributed by atoms with E-state index in [-0.39, 0.29) is 5.41 Å². The molecule has 0 fully saturated rings. The van der Waals surface area contributed by atoms with Gasteiger partial charge in [0.15, 0.2) is 0 Å². The molecule has 0 atom stereocenters. The molecule has 0 bridgehead atoms. The molecule has 0 aliphatic carbocycles. The van der Waals surface area contributed by atoms with Crippen molar-refractivity contribution in [3.63, 3.8) is 0 Å². The summed E-state index contributed by atoms with van der Waals surface area (Å²) in [6, 6.07) is 13.6. The van der Waals surface area contributed by atoms with Gasteiger partial charge in [0.05, 0.1) is 0 Å². The van der Waals surface area contributed by atoms with Gasteiger partial charge in [-0.05, 0) is 47.6 Å². The molecule has 18 heavy (non-hydrogen) atoms. The quantitative estimate of drug-likeness (QED) is 0.695. The van der Waals surface area contributed by atoms with Crippen LogP contribution in [-0.4, -0.2) is 4.57 Å². The molecule has 1 aromatic heterocycles. The number of aromatic nitrogens is 1. The molecule has 0 radical (unpaired) electrons. The van der Waals surface area contributed by atoms with Gasteiger partial charge in [0.1, 0.15) is 0 Å². The van der Waals surface area contributed by atoms with Gasteiger partial charge < -0.3 is 4.57 Å². The lowest BCUT2D eigenvalue weighted by atomic mass is 9.86. The average molecular weight is 239 g/mol. The molecular weight excluding hydrogens is 218 g/mol. The summed E-state index contributed by atoms with van der Waals surface area (Å²) in [4.78, 5) is 0. The van der Waals surface area contributed by atoms with Crippen molar-refractivity contribution in [2.75, 3.05) is 0 Å². The van der Waals surface area contributed by atoms with Crippen molar-refractivity contribution in [3.05, 3.63) is 47.7 Å². The van der Waals surface area contributed by atoms with E-state index in [1.807, 2.05) is 0 Å². The maximum atomic E-state index is 2.47. The predicted molar refractivity (Wildman–Crippen MR) is 76.9 cm³/mol. The summed E-state index contributed by atoms with van der Waals surface area (Å²) in [5, 5.41) is 0. The van der Waals surface area contributed by atoms with Gasteiger partial charge in [-0.3, -0.25) is 0 Å². The lowest BCUT2D eigenvalue weighted by Crippen LogP contribution is -2.10. The van der Waals surface area contributed by atoms with E-state index >= 15 is 0 Å². The Morgan fingerprint density at radius 1 is 1.06 bits per heavy atom. The highest BCUT2D eigenvalue weighted by atomic mass is 15.0. The maximum Gasteiger partial charge on any atom is 0.0482 e. The number of rotatable bonds is 1. The van der Waals surface area contributed by atoms with Crippen LogP contribution < -0.4 is 0 Å². The van der Waals surface area contributed by atoms with Gasteiger partial charge in [-0.25, -0.2) is 0 Å². The van der Waals surface area contributed by atoms with Crippen LogP contribution in [0.3, 0.4) is 0 Å². The predicted octanol–water partition coefficient (Wildman–Crippen LogP) is 4.40. The molecule has 0 saturated heterocycles. The van der Waals surface area contributed by atoms with Gasteiger partial charge in [0.25, 0.3) is 0 Å². The molecule has 3 rings (SSSR count). The lowest BCUT2D eigenvalue weighted by Gasteiger charge is -2.20. The minimum absolute atomic E-state index is 0.219. The van der Waals surface area contributed by atoms with Gasteiger partial charge in [-0.15, -0.1) is 0 Å². The molecule has 0 N–H and O–H groups in total. The van der Waals surface area contributed by atoms with Crippen LogP contribution in [0.25, 0.3) is 11.3 Å². The molecule has 1 aliphatic rings. The first kappa shape index (κ1) is 11.6. The number of hydrogen-bond acceptors (Lipinski definition) is 0. The molecule has 2 aromatic rings. The second-order valence-corrected chi connectivity index (χ2v) is 6.30. The molecule has 0 unspecified atom stereocenters. The smallest absolute Gasteiger partial charge is 0.0482 e. The van der Waals surface area contributed by atoms with Gasteiger partial charge in [-0.1, -0.05) is 39.0 Å². The van der Waals surface area contributed by atoms with E-state index in [1.165, 1.54) is 41.9 Å². The zero-order chi connectivity index (χ0) is 12.8. The van der Waals surface area contributed by atoms with E-state index < -0.39 is 0 Å².